The van der Waals surface area contributed by atoms with Crippen LogP contribution in [0.1, 0.15) is 11.1 Å². The van der Waals surface area contributed by atoms with Crippen LogP contribution in [0.3, 0.4) is 0 Å². The van der Waals surface area contributed by atoms with Crippen molar-refractivity contribution in [3.8, 4) is 0 Å². The highest BCUT2D eigenvalue weighted by Gasteiger charge is 2.26. The zero-order valence-electron chi connectivity index (χ0n) is 10.6. The lowest BCUT2D eigenvalue weighted by Crippen LogP contribution is -2.13. The molecule has 0 radical (unpaired) electrons. The lowest BCUT2D eigenvalue weighted by atomic mass is 10.1. The Balaban J connectivity index is 2.10. The van der Waals surface area contributed by atoms with Gasteiger partial charge in [-0.05, 0) is 48.9 Å². The molecule has 1 N–H and O–H groups in total. The van der Waals surface area contributed by atoms with Crippen molar-refractivity contribution in [1.29, 1.82) is 0 Å². The quantitative estimate of drug-likeness (QED) is 0.756. The molecule has 0 bridgehead atoms. The molecule has 0 saturated heterocycles. The molecule has 100 valence electrons. The van der Waals surface area contributed by atoms with Gasteiger partial charge < -0.3 is 5.32 Å². The molecule has 0 aliphatic carbocycles. The van der Waals surface area contributed by atoms with E-state index < -0.39 is 0 Å². The SMILES string of the molecule is Cc1cc(N=C2C(=O)Nc3ccc(Br)cc32)ccc1Br. The number of hydrogen-bond donors (Lipinski definition) is 1. The van der Waals surface area contributed by atoms with Crippen LogP contribution in [0.5, 0.6) is 0 Å². The number of carbonyl (C=O) groups is 1. The molecule has 3 nitrogen and oxygen atoms in total. The molecule has 0 fully saturated rings. The van der Waals surface area contributed by atoms with Gasteiger partial charge in [0, 0.05) is 14.5 Å². The van der Waals surface area contributed by atoms with Crippen molar-refractivity contribution in [3.05, 3.63) is 56.5 Å². The minimum absolute atomic E-state index is 0.168. The Morgan fingerprint density at radius 3 is 2.65 bits per heavy atom. The number of aliphatic imine (C=N–C) groups is 1. The van der Waals surface area contributed by atoms with Gasteiger partial charge in [0.05, 0.1) is 11.4 Å². The van der Waals surface area contributed by atoms with Gasteiger partial charge in [-0.2, -0.15) is 0 Å². The van der Waals surface area contributed by atoms with E-state index in [0.717, 1.165) is 31.4 Å². The molecule has 2 aromatic rings. The second-order valence-electron chi connectivity index (χ2n) is 4.54. The Kier molecular flexibility index (Phi) is 3.48. The van der Waals surface area contributed by atoms with Gasteiger partial charge in [-0.3, -0.25) is 4.79 Å². The maximum atomic E-state index is 12.0. The normalized spacial score (nSPS) is 15.3. The lowest BCUT2D eigenvalue weighted by molar-refractivity contribution is -0.110. The van der Waals surface area contributed by atoms with Crippen LogP contribution in [-0.4, -0.2) is 11.6 Å². The summed E-state index contributed by atoms with van der Waals surface area (Å²) in [6.45, 7) is 1.99. The van der Waals surface area contributed by atoms with Crippen LogP contribution in [0.4, 0.5) is 11.4 Å². The van der Waals surface area contributed by atoms with Crippen molar-refractivity contribution < 1.29 is 4.79 Å². The summed E-state index contributed by atoms with van der Waals surface area (Å²) in [5.41, 5.74) is 3.92. The van der Waals surface area contributed by atoms with Crippen molar-refractivity contribution in [3.63, 3.8) is 0 Å². The van der Waals surface area contributed by atoms with Gasteiger partial charge in [0.15, 0.2) is 0 Å². The van der Waals surface area contributed by atoms with E-state index in [9.17, 15) is 4.79 Å². The van der Waals surface area contributed by atoms with Gasteiger partial charge in [0.1, 0.15) is 5.71 Å². The van der Waals surface area contributed by atoms with Crippen LogP contribution in [-0.2, 0) is 4.79 Å². The zero-order chi connectivity index (χ0) is 14.3. The summed E-state index contributed by atoms with van der Waals surface area (Å²) in [5, 5.41) is 2.82. The number of anilines is 1. The molecule has 3 rings (SSSR count). The summed E-state index contributed by atoms with van der Waals surface area (Å²) < 4.78 is 1.95. The number of nitrogens with zero attached hydrogens (tertiary/aromatic N) is 1. The third-order valence-corrected chi connectivity index (χ3v) is 4.47. The van der Waals surface area contributed by atoms with E-state index >= 15 is 0 Å². The zero-order valence-corrected chi connectivity index (χ0v) is 13.7. The van der Waals surface area contributed by atoms with Gasteiger partial charge in [0.25, 0.3) is 5.91 Å². The van der Waals surface area contributed by atoms with Crippen LogP contribution >= 0.6 is 31.9 Å². The molecule has 0 unspecified atom stereocenters. The van der Waals surface area contributed by atoms with E-state index in [1.54, 1.807) is 0 Å². The highest BCUT2D eigenvalue weighted by molar-refractivity contribution is 9.10. The molecule has 0 saturated carbocycles. The lowest BCUT2D eigenvalue weighted by Gasteiger charge is -2.01. The number of benzene rings is 2. The first kappa shape index (κ1) is 13.5. The number of carbonyl (C=O) groups excluding carboxylic acids is 1. The molecule has 2 aromatic carbocycles. The molecule has 1 aliphatic rings. The van der Waals surface area contributed by atoms with E-state index in [4.69, 9.17) is 0 Å². The predicted molar refractivity (Wildman–Crippen MR) is 87.8 cm³/mol. The van der Waals surface area contributed by atoms with Gasteiger partial charge in [-0.15, -0.1) is 0 Å². The molecular formula is C15H10Br2N2O. The molecule has 5 heteroatoms. The van der Waals surface area contributed by atoms with Crippen molar-refractivity contribution in [2.45, 2.75) is 6.92 Å². The molecule has 1 aliphatic heterocycles. The minimum atomic E-state index is -0.168. The Labute approximate surface area is 133 Å². The van der Waals surface area contributed by atoms with Gasteiger partial charge >= 0.3 is 0 Å². The number of rotatable bonds is 1. The fourth-order valence-corrected chi connectivity index (χ4v) is 2.67. The Morgan fingerprint density at radius 1 is 1.10 bits per heavy atom. The standard InChI is InChI=1S/C15H10Br2N2O/c1-8-6-10(3-4-12(8)17)18-14-11-7-9(16)2-5-13(11)19-15(14)20/h2-7H,1H3,(H,18,19,20). The summed E-state index contributed by atoms with van der Waals surface area (Å²) in [4.78, 5) is 16.5. The molecular weight excluding hydrogens is 384 g/mol. The summed E-state index contributed by atoms with van der Waals surface area (Å²) in [5.74, 6) is -0.168. The maximum absolute atomic E-state index is 12.0. The van der Waals surface area contributed by atoms with Crippen molar-refractivity contribution in [2.24, 2.45) is 4.99 Å². The van der Waals surface area contributed by atoms with Gasteiger partial charge in [0.2, 0.25) is 0 Å². The van der Waals surface area contributed by atoms with Crippen LogP contribution in [0.25, 0.3) is 0 Å². The monoisotopic (exact) mass is 392 g/mol. The minimum Gasteiger partial charge on any atom is -0.320 e. The van der Waals surface area contributed by atoms with E-state index in [2.05, 4.69) is 42.2 Å². The third kappa shape index (κ3) is 2.43. The largest absolute Gasteiger partial charge is 0.320 e. The summed E-state index contributed by atoms with van der Waals surface area (Å²) in [6.07, 6.45) is 0. The average Bonchev–Trinajstić information content (AvgIpc) is 2.70. The van der Waals surface area contributed by atoms with Crippen LogP contribution in [0, 0.1) is 6.92 Å². The van der Waals surface area contributed by atoms with E-state index in [-0.39, 0.29) is 5.91 Å². The van der Waals surface area contributed by atoms with E-state index in [1.165, 1.54) is 0 Å². The average molecular weight is 394 g/mol. The molecule has 1 amide bonds. The Bertz CT molecular complexity index is 754. The van der Waals surface area contributed by atoms with Crippen LogP contribution in [0.2, 0.25) is 0 Å². The Hall–Kier alpha value is -1.46. The third-order valence-electron chi connectivity index (χ3n) is 3.08. The summed E-state index contributed by atoms with van der Waals surface area (Å²) in [6, 6.07) is 11.4. The van der Waals surface area contributed by atoms with E-state index in [0.29, 0.717) is 5.71 Å². The van der Waals surface area contributed by atoms with Crippen molar-refractivity contribution in [2.75, 3.05) is 5.32 Å². The fraction of sp³-hybridized carbons (Fsp3) is 0.0667. The summed E-state index contributed by atoms with van der Waals surface area (Å²) in [7, 11) is 0. The number of halogens is 2. The van der Waals surface area contributed by atoms with Crippen molar-refractivity contribution >= 4 is 54.9 Å². The first-order valence-electron chi connectivity index (χ1n) is 6.01. The van der Waals surface area contributed by atoms with Gasteiger partial charge in [-0.25, -0.2) is 4.99 Å². The van der Waals surface area contributed by atoms with Gasteiger partial charge in [-0.1, -0.05) is 31.9 Å². The Morgan fingerprint density at radius 2 is 1.90 bits per heavy atom. The number of amides is 1. The molecule has 0 spiro atoms. The molecule has 1 heterocycles. The second kappa shape index (κ2) is 5.14. The summed E-state index contributed by atoms with van der Waals surface area (Å²) >= 11 is 6.87. The fourth-order valence-electron chi connectivity index (χ4n) is 2.06. The van der Waals surface area contributed by atoms with Crippen LogP contribution < -0.4 is 5.32 Å². The first-order chi connectivity index (χ1) is 9.54. The number of fused-ring (bicyclic) bond motifs is 1. The number of hydrogen-bond acceptors (Lipinski definition) is 2. The molecule has 20 heavy (non-hydrogen) atoms. The maximum Gasteiger partial charge on any atom is 0.275 e. The smallest absolute Gasteiger partial charge is 0.275 e. The highest BCUT2D eigenvalue weighted by atomic mass is 79.9. The van der Waals surface area contributed by atoms with Crippen molar-refractivity contribution in [1.82, 2.24) is 0 Å². The number of aryl methyl sites for hydroxylation is 1. The predicted octanol–water partition coefficient (Wildman–Crippen LogP) is 4.59. The first-order valence-corrected chi connectivity index (χ1v) is 7.59. The van der Waals surface area contributed by atoms with Crippen LogP contribution in [0.15, 0.2) is 50.3 Å². The number of nitrogens with one attached hydrogen (secondary N) is 1. The van der Waals surface area contributed by atoms with E-state index in [1.807, 2.05) is 43.3 Å². The second-order valence-corrected chi connectivity index (χ2v) is 6.31. The topological polar surface area (TPSA) is 41.5 Å². The molecule has 0 aromatic heterocycles. The molecule has 0 atom stereocenters. The highest BCUT2D eigenvalue weighted by Crippen LogP contribution is 2.29.